The van der Waals surface area contributed by atoms with Crippen LogP contribution in [0.25, 0.3) is 10.9 Å². The topological polar surface area (TPSA) is 74.4 Å². The fourth-order valence-electron chi connectivity index (χ4n) is 3.24. The highest BCUT2D eigenvalue weighted by atomic mass is 16.5. The van der Waals surface area contributed by atoms with Crippen LogP contribution >= 0.6 is 0 Å². The number of likely N-dealkylation sites (N-methyl/N-ethyl adjacent to an activating group) is 1. The summed E-state index contributed by atoms with van der Waals surface area (Å²) in [6.07, 6.45) is 8.80. The molecule has 1 atom stereocenters. The molecule has 0 radical (unpaired) electrons. The first-order valence-electron chi connectivity index (χ1n) is 10.7. The number of aromatic amines is 1. The number of rotatable bonds is 12. The summed E-state index contributed by atoms with van der Waals surface area (Å²) < 4.78 is 5.51. The summed E-state index contributed by atoms with van der Waals surface area (Å²) in [7, 11) is 4.09. The molecule has 0 spiro atoms. The van der Waals surface area contributed by atoms with Crippen molar-refractivity contribution in [2.24, 2.45) is 0 Å². The van der Waals surface area contributed by atoms with Gasteiger partial charge in [-0.25, -0.2) is 4.79 Å². The summed E-state index contributed by atoms with van der Waals surface area (Å²) in [4.78, 5) is 29.8. The minimum absolute atomic E-state index is 0.0991. The first-order chi connectivity index (χ1) is 13.9. The third-order valence-electron chi connectivity index (χ3n) is 5.02. The molecule has 2 rings (SSSR count). The molecule has 29 heavy (non-hydrogen) atoms. The first-order valence-corrected chi connectivity index (χ1v) is 10.7. The highest BCUT2D eigenvalue weighted by molar-refractivity contribution is 5.87. The van der Waals surface area contributed by atoms with Crippen LogP contribution in [0, 0.1) is 0 Å². The molecule has 6 nitrogen and oxygen atoms in total. The van der Waals surface area contributed by atoms with Crippen molar-refractivity contribution in [2.75, 3.05) is 20.6 Å². The number of H-pyrrole nitrogens is 1. The van der Waals surface area contributed by atoms with Crippen molar-refractivity contribution in [1.29, 1.82) is 0 Å². The average Bonchev–Trinajstić information content (AvgIpc) is 3.08. The van der Waals surface area contributed by atoms with Gasteiger partial charge in [0, 0.05) is 30.1 Å². The average molecular weight is 402 g/mol. The van der Waals surface area contributed by atoms with Gasteiger partial charge in [-0.2, -0.15) is 0 Å². The van der Waals surface area contributed by atoms with E-state index >= 15 is 0 Å². The van der Waals surface area contributed by atoms with Crippen molar-refractivity contribution in [3.63, 3.8) is 0 Å². The minimum Gasteiger partial charge on any atom is -0.425 e. The van der Waals surface area contributed by atoms with E-state index in [1.54, 1.807) is 13.0 Å². The molecule has 2 aromatic rings. The molecule has 0 saturated carbocycles. The highest BCUT2D eigenvalue weighted by Gasteiger charge is 2.18. The summed E-state index contributed by atoms with van der Waals surface area (Å²) in [6.45, 7) is 4.77. The lowest BCUT2D eigenvalue weighted by atomic mass is 10.1. The normalized spacial score (nSPS) is 12.3. The predicted octanol–water partition coefficient (Wildman–Crippen LogP) is 4.04. The molecule has 6 heteroatoms. The second kappa shape index (κ2) is 11.6. The molecule has 1 aromatic heterocycles. The highest BCUT2D eigenvalue weighted by Crippen LogP contribution is 2.24. The van der Waals surface area contributed by atoms with Crippen LogP contribution < -0.4 is 10.1 Å². The van der Waals surface area contributed by atoms with E-state index in [1.165, 1.54) is 18.4 Å². The number of carbonyl (C=O) groups is 2. The standard InChI is InChI=1S/C23H35N3O3/c1-5-6-7-8-9-10-22(27)25-17(2)23(28)29-19-11-12-21-20(15-19)18(16-24-21)13-14-26(3)4/h11-12,15-17,24H,5-10,13-14H2,1-4H3,(H,25,27)/t17-/m0/s1. The number of hydrogen-bond donors (Lipinski definition) is 2. The van der Waals surface area contributed by atoms with E-state index < -0.39 is 12.0 Å². The Labute approximate surface area is 174 Å². The number of aromatic nitrogens is 1. The van der Waals surface area contributed by atoms with E-state index in [0.717, 1.165) is 43.1 Å². The number of nitrogens with one attached hydrogen (secondary N) is 2. The van der Waals surface area contributed by atoms with Crippen LogP contribution in [0.3, 0.4) is 0 Å². The molecule has 1 amide bonds. The Morgan fingerprint density at radius 1 is 1.17 bits per heavy atom. The summed E-state index contributed by atoms with van der Waals surface area (Å²) in [5, 5.41) is 3.80. The summed E-state index contributed by atoms with van der Waals surface area (Å²) >= 11 is 0. The van der Waals surface area contributed by atoms with Crippen LogP contribution in [0.5, 0.6) is 5.75 Å². The maximum absolute atomic E-state index is 12.4. The SMILES string of the molecule is CCCCCCCC(=O)N[C@@H](C)C(=O)Oc1ccc2[nH]cc(CCN(C)C)c2c1. The number of amides is 1. The van der Waals surface area contributed by atoms with Gasteiger partial charge in [0.2, 0.25) is 5.91 Å². The van der Waals surface area contributed by atoms with Gasteiger partial charge in [-0.05, 0) is 57.6 Å². The van der Waals surface area contributed by atoms with E-state index in [-0.39, 0.29) is 5.91 Å². The summed E-state index contributed by atoms with van der Waals surface area (Å²) in [5.74, 6) is -0.0547. The molecule has 0 aliphatic carbocycles. The van der Waals surface area contributed by atoms with Gasteiger partial charge in [0.15, 0.2) is 0 Å². The maximum atomic E-state index is 12.4. The van der Waals surface area contributed by atoms with Crippen molar-refractivity contribution in [3.8, 4) is 5.75 Å². The zero-order chi connectivity index (χ0) is 21.2. The number of ether oxygens (including phenoxy) is 1. The van der Waals surface area contributed by atoms with Crippen molar-refractivity contribution >= 4 is 22.8 Å². The van der Waals surface area contributed by atoms with E-state index in [1.807, 2.05) is 32.4 Å². The zero-order valence-electron chi connectivity index (χ0n) is 18.2. The Hall–Kier alpha value is -2.34. The second-order valence-corrected chi connectivity index (χ2v) is 7.95. The molecule has 0 saturated heterocycles. The molecule has 0 unspecified atom stereocenters. The third-order valence-corrected chi connectivity index (χ3v) is 5.02. The smallest absolute Gasteiger partial charge is 0.333 e. The molecular weight excluding hydrogens is 366 g/mol. The molecule has 0 bridgehead atoms. The Morgan fingerprint density at radius 3 is 2.66 bits per heavy atom. The number of benzene rings is 1. The summed E-state index contributed by atoms with van der Waals surface area (Å²) in [6, 6.07) is 4.90. The quantitative estimate of drug-likeness (QED) is 0.320. The minimum atomic E-state index is -0.673. The second-order valence-electron chi connectivity index (χ2n) is 7.95. The van der Waals surface area contributed by atoms with Gasteiger partial charge in [-0.3, -0.25) is 4.79 Å². The van der Waals surface area contributed by atoms with Crippen LogP contribution in [0.4, 0.5) is 0 Å². The predicted molar refractivity (Wildman–Crippen MR) is 117 cm³/mol. The lowest BCUT2D eigenvalue weighted by molar-refractivity contribution is -0.138. The van der Waals surface area contributed by atoms with Crippen molar-refractivity contribution in [1.82, 2.24) is 15.2 Å². The number of fused-ring (bicyclic) bond motifs is 1. The Morgan fingerprint density at radius 2 is 1.93 bits per heavy atom. The van der Waals surface area contributed by atoms with E-state index in [0.29, 0.717) is 12.2 Å². The maximum Gasteiger partial charge on any atom is 0.333 e. The fourth-order valence-corrected chi connectivity index (χ4v) is 3.24. The van der Waals surface area contributed by atoms with Gasteiger partial charge < -0.3 is 19.9 Å². The lowest BCUT2D eigenvalue weighted by Gasteiger charge is -2.13. The van der Waals surface area contributed by atoms with Crippen LogP contribution in [0.15, 0.2) is 24.4 Å². The Kier molecular flexibility index (Phi) is 9.19. The molecule has 0 aliphatic rings. The largest absolute Gasteiger partial charge is 0.425 e. The number of carbonyl (C=O) groups excluding carboxylic acids is 2. The van der Waals surface area contributed by atoms with Gasteiger partial charge in [0.05, 0.1) is 0 Å². The number of hydrogen-bond acceptors (Lipinski definition) is 4. The van der Waals surface area contributed by atoms with Crippen molar-refractivity contribution in [3.05, 3.63) is 30.0 Å². The third kappa shape index (κ3) is 7.54. The van der Waals surface area contributed by atoms with E-state index in [9.17, 15) is 9.59 Å². The molecular formula is C23H35N3O3. The van der Waals surface area contributed by atoms with E-state index in [2.05, 4.69) is 22.1 Å². The molecule has 0 fully saturated rings. The van der Waals surface area contributed by atoms with Gasteiger partial charge in [-0.15, -0.1) is 0 Å². The van der Waals surface area contributed by atoms with Crippen LogP contribution in [0.2, 0.25) is 0 Å². The monoisotopic (exact) mass is 401 g/mol. The van der Waals surface area contributed by atoms with Crippen LogP contribution in [-0.2, 0) is 16.0 Å². The zero-order valence-corrected chi connectivity index (χ0v) is 18.2. The van der Waals surface area contributed by atoms with Gasteiger partial charge >= 0.3 is 5.97 Å². The van der Waals surface area contributed by atoms with Gasteiger partial charge in [0.1, 0.15) is 11.8 Å². The van der Waals surface area contributed by atoms with E-state index in [4.69, 9.17) is 4.74 Å². The van der Waals surface area contributed by atoms with Crippen molar-refractivity contribution in [2.45, 2.75) is 64.8 Å². The molecule has 160 valence electrons. The first kappa shape index (κ1) is 22.9. The van der Waals surface area contributed by atoms with Crippen LogP contribution in [0.1, 0.15) is 57.9 Å². The van der Waals surface area contributed by atoms with Crippen LogP contribution in [-0.4, -0.2) is 48.4 Å². The summed E-state index contributed by atoms with van der Waals surface area (Å²) in [5.41, 5.74) is 2.21. The molecule has 0 aliphatic heterocycles. The number of nitrogens with zero attached hydrogens (tertiary/aromatic N) is 1. The van der Waals surface area contributed by atoms with Crippen molar-refractivity contribution < 1.29 is 14.3 Å². The van der Waals surface area contributed by atoms with Gasteiger partial charge in [-0.1, -0.05) is 32.6 Å². The molecule has 1 aromatic carbocycles. The molecule has 2 N–H and O–H groups in total. The number of unbranched alkanes of at least 4 members (excludes halogenated alkanes) is 4. The lowest BCUT2D eigenvalue weighted by Crippen LogP contribution is -2.40. The Bertz CT molecular complexity index is 798. The number of esters is 1. The fraction of sp³-hybridized carbons (Fsp3) is 0.565. The molecule has 1 heterocycles. The van der Waals surface area contributed by atoms with Gasteiger partial charge in [0.25, 0.3) is 0 Å². The Balaban J connectivity index is 1.87.